The van der Waals surface area contributed by atoms with E-state index in [1.165, 1.54) is 15.3 Å². The molecule has 0 atom stereocenters. The van der Waals surface area contributed by atoms with E-state index in [2.05, 4.69) is 5.10 Å². The number of rotatable bonds is 4. The van der Waals surface area contributed by atoms with Gasteiger partial charge in [0.1, 0.15) is 5.52 Å². The molecular weight excluding hydrogens is 314 g/mol. The Hall–Kier alpha value is -3.29. The number of hydrogen-bond donors (Lipinski definition) is 1. The van der Waals surface area contributed by atoms with E-state index >= 15 is 0 Å². The highest BCUT2D eigenvalue weighted by atomic mass is 16.7. The molecule has 122 valence electrons. The van der Waals surface area contributed by atoms with Gasteiger partial charge in [0, 0.05) is 24.5 Å². The topological polar surface area (TPSA) is 95.1 Å². The van der Waals surface area contributed by atoms with Crippen molar-refractivity contribution >= 4 is 11.5 Å². The first-order valence-corrected chi connectivity index (χ1v) is 7.32. The van der Waals surface area contributed by atoms with Crippen molar-refractivity contribution in [2.24, 2.45) is 0 Å². The van der Waals surface area contributed by atoms with E-state index in [9.17, 15) is 9.59 Å². The van der Waals surface area contributed by atoms with Gasteiger partial charge in [0.2, 0.25) is 6.79 Å². The minimum Gasteiger partial charge on any atom is -0.481 e. The smallest absolute Gasteiger partial charge is 0.305 e. The normalized spacial score (nSPS) is 12.7. The van der Waals surface area contributed by atoms with Gasteiger partial charge < -0.3 is 19.1 Å². The van der Waals surface area contributed by atoms with E-state index in [0.717, 1.165) is 5.56 Å². The SMILES string of the molecule is O=C(O)CCn1ccn2nc(-c3ccc4c(c3)OCO4)cc2c1=O. The highest BCUT2D eigenvalue weighted by Gasteiger charge is 2.16. The second kappa shape index (κ2) is 5.41. The maximum Gasteiger partial charge on any atom is 0.305 e. The molecule has 4 rings (SSSR count). The number of nitrogens with zero attached hydrogens (tertiary/aromatic N) is 3. The Balaban J connectivity index is 1.74. The summed E-state index contributed by atoms with van der Waals surface area (Å²) in [7, 11) is 0. The monoisotopic (exact) mass is 327 g/mol. The number of aliphatic carboxylic acids is 1. The summed E-state index contributed by atoms with van der Waals surface area (Å²) in [6.45, 7) is 0.313. The van der Waals surface area contributed by atoms with Gasteiger partial charge in [-0.2, -0.15) is 5.10 Å². The predicted octanol–water partition coefficient (Wildman–Crippen LogP) is 1.37. The maximum atomic E-state index is 12.4. The van der Waals surface area contributed by atoms with Crippen LogP contribution in [-0.2, 0) is 11.3 Å². The summed E-state index contributed by atoms with van der Waals surface area (Å²) in [4.78, 5) is 23.1. The lowest BCUT2D eigenvalue weighted by Gasteiger charge is -2.03. The Bertz CT molecular complexity index is 1000. The highest BCUT2D eigenvalue weighted by molar-refractivity contribution is 5.69. The predicted molar refractivity (Wildman–Crippen MR) is 83.3 cm³/mol. The van der Waals surface area contributed by atoms with Crippen molar-refractivity contribution in [3.8, 4) is 22.8 Å². The molecule has 3 heterocycles. The molecular formula is C16H13N3O5. The van der Waals surface area contributed by atoms with Gasteiger partial charge in [0.05, 0.1) is 12.1 Å². The number of hydrogen-bond acceptors (Lipinski definition) is 5. The molecule has 0 saturated heterocycles. The third-order valence-corrected chi connectivity index (χ3v) is 3.84. The van der Waals surface area contributed by atoms with Crippen LogP contribution in [0.25, 0.3) is 16.8 Å². The second-order valence-electron chi connectivity index (χ2n) is 5.37. The van der Waals surface area contributed by atoms with Crippen molar-refractivity contribution in [2.75, 3.05) is 6.79 Å². The number of aromatic nitrogens is 3. The first kappa shape index (κ1) is 14.3. The molecule has 24 heavy (non-hydrogen) atoms. The van der Waals surface area contributed by atoms with E-state index < -0.39 is 5.97 Å². The van der Waals surface area contributed by atoms with Crippen LogP contribution in [0.15, 0.2) is 41.5 Å². The first-order chi connectivity index (χ1) is 11.6. The third kappa shape index (κ3) is 2.37. The van der Waals surface area contributed by atoms with Crippen LogP contribution in [0.2, 0.25) is 0 Å². The van der Waals surface area contributed by atoms with Gasteiger partial charge in [0.15, 0.2) is 11.5 Å². The number of fused-ring (bicyclic) bond motifs is 2. The number of benzene rings is 1. The van der Waals surface area contributed by atoms with Crippen molar-refractivity contribution in [3.05, 3.63) is 47.0 Å². The van der Waals surface area contributed by atoms with E-state index in [4.69, 9.17) is 14.6 Å². The molecule has 0 unspecified atom stereocenters. The van der Waals surface area contributed by atoms with Gasteiger partial charge in [-0.3, -0.25) is 9.59 Å². The molecule has 0 aliphatic carbocycles. The number of aryl methyl sites for hydroxylation is 1. The third-order valence-electron chi connectivity index (χ3n) is 3.84. The summed E-state index contributed by atoms with van der Waals surface area (Å²) >= 11 is 0. The molecule has 8 nitrogen and oxygen atoms in total. The molecule has 2 aromatic heterocycles. The Morgan fingerprint density at radius 1 is 1.21 bits per heavy atom. The molecule has 1 aromatic carbocycles. The number of carbonyl (C=O) groups is 1. The molecule has 1 aliphatic heterocycles. The van der Waals surface area contributed by atoms with Crippen LogP contribution in [0.5, 0.6) is 11.5 Å². The van der Waals surface area contributed by atoms with Crippen LogP contribution in [0.4, 0.5) is 0 Å². The molecule has 0 radical (unpaired) electrons. The zero-order chi connectivity index (χ0) is 16.7. The van der Waals surface area contributed by atoms with Gasteiger partial charge in [-0.15, -0.1) is 0 Å². The first-order valence-electron chi connectivity index (χ1n) is 7.32. The molecule has 0 fully saturated rings. The Morgan fingerprint density at radius 2 is 2.04 bits per heavy atom. The van der Waals surface area contributed by atoms with Crippen LogP contribution in [0.1, 0.15) is 6.42 Å². The standard InChI is InChI=1S/C16H13N3O5/c20-15(21)3-4-18-5-6-19-12(16(18)22)8-11(17-19)10-1-2-13-14(7-10)24-9-23-13/h1-2,5-8H,3-4,9H2,(H,20,21). The second-order valence-corrected chi connectivity index (χ2v) is 5.37. The molecule has 1 aliphatic rings. The lowest BCUT2D eigenvalue weighted by atomic mass is 10.1. The van der Waals surface area contributed by atoms with Crippen LogP contribution >= 0.6 is 0 Å². The molecule has 0 spiro atoms. The van der Waals surface area contributed by atoms with E-state index in [1.54, 1.807) is 18.3 Å². The molecule has 0 saturated carbocycles. The van der Waals surface area contributed by atoms with Gasteiger partial charge >= 0.3 is 5.97 Å². The lowest BCUT2D eigenvalue weighted by molar-refractivity contribution is -0.137. The zero-order valence-corrected chi connectivity index (χ0v) is 12.5. The van der Waals surface area contributed by atoms with Crippen LogP contribution in [0, 0.1) is 0 Å². The summed E-state index contributed by atoms with van der Waals surface area (Å²) in [5.74, 6) is 0.373. The minimum absolute atomic E-state index is 0.112. The quantitative estimate of drug-likeness (QED) is 0.777. The van der Waals surface area contributed by atoms with Crippen molar-refractivity contribution < 1.29 is 19.4 Å². The molecule has 3 aromatic rings. The fraction of sp³-hybridized carbons (Fsp3) is 0.188. The fourth-order valence-electron chi connectivity index (χ4n) is 2.62. The fourth-order valence-corrected chi connectivity index (χ4v) is 2.62. The van der Waals surface area contributed by atoms with Gasteiger partial charge in [-0.1, -0.05) is 0 Å². The number of carboxylic acid groups (broad SMARTS) is 1. The Kier molecular flexibility index (Phi) is 3.23. The van der Waals surface area contributed by atoms with Crippen LogP contribution in [0.3, 0.4) is 0 Å². The van der Waals surface area contributed by atoms with Crippen molar-refractivity contribution in [2.45, 2.75) is 13.0 Å². The average molecular weight is 327 g/mol. The average Bonchev–Trinajstić information content (AvgIpc) is 3.20. The number of carboxylic acids is 1. The van der Waals surface area contributed by atoms with Gasteiger partial charge in [-0.25, -0.2) is 4.52 Å². The molecule has 0 amide bonds. The summed E-state index contributed by atoms with van der Waals surface area (Å²) in [5.41, 5.74) is 1.54. The molecule has 8 heteroatoms. The maximum absolute atomic E-state index is 12.4. The Morgan fingerprint density at radius 3 is 2.88 bits per heavy atom. The van der Waals surface area contributed by atoms with Crippen molar-refractivity contribution in [3.63, 3.8) is 0 Å². The summed E-state index contributed by atoms with van der Waals surface area (Å²) in [5, 5.41) is 13.1. The minimum atomic E-state index is -0.948. The van der Waals surface area contributed by atoms with Crippen LogP contribution in [-0.4, -0.2) is 32.0 Å². The summed E-state index contributed by atoms with van der Waals surface area (Å²) in [6.07, 6.45) is 3.06. The largest absolute Gasteiger partial charge is 0.481 e. The highest BCUT2D eigenvalue weighted by Crippen LogP contribution is 2.35. The zero-order valence-electron chi connectivity index (χ0n) is 12.5. The lowest BCUT2D eigenvalue weighted by Crippen LogP contribution is -2.22. The van der Waals surface area contributed by atoms with E-state index in [1.807, 2.05) is 12.1 Å². The van der Waals surface area contributed by atoms with Crippen LogP contribution < -0.4 is 15.0 Å². The van der Waals surface area contributed by atoms with Gasteiger partial charge in [-0.05, 0) is 24.3 Å². The molecule has 0 bridgehead atoms. The molecule has 1 N–H and O–H groups in total. The van der Waals surface area contributed by atoms with Crippen molar-refractivity contribution in [1.82, 2.24) is 14.2 Å². The summed E-state index contributed by atoms with van der Waals surface area (Å²) < 4.78 is 13.5. The van der Waals surface area contributed by atoms with E-state index in [0.29, 0.717) is 22.7 Å². The Labute approximate surface area is 135 Å². The van der Waals surface area contributed by atoms with Crippen molar-refractivity contribution in [1.29, 1.82) is 0 Å². The van der Waals surface area contributed by atoms with E-state index in [-0.39, 0.29) is 25.3 Å². The van der Waals surface area contributed by atoms with Gasteiger partial charge in [0.25, 0.3) is 5.56 Å². The summed E-state index contributed by atoms with van der Waals surface area (Å²) in [6, 6.07) is 7.13. The number of ether oxygens (including phenoxy) is 2.